The minimum atomic E-state index is -0.623. The number of amides is 2. The SMILES string of the molecule is COCCCN(CC(=O)Nc1cc(C(C)(C)C)nn1-c1ccc(C)cc1C)C(=O)c1ccccc1F. The molecule has 0 aliphatic carbocycles. The lowest BCUT2D eigenvalue weighted by Crippen LogP contribution is -2.39. The van der Waals surface area contributed by atoms with Crippen molar-refractivity contribution in [3.8, 4) is 5.69 Å². The molecule has 0 aliphatic heterocycles. The maximum absolute atomic E-state index is 14.3. The number of anilines is 1. The Labute approximate surface area is 212 Å². The summed E-state index contributed by atoms with van der Waals surface area (Å²) in [7, 11) is 1.57. The smallest absolute Gasteiger partial charge is 0.257 e. The van der Waals surface area contributed by atoms with Gasteiger partial charge in [0.15, 0.2) is 0 Å². The molecule has 0 bridgehead atoms. The zero-order valence-electron chi connectivity index (χ0n) is 21.9. The second-order valence-corrected chi connectivity index (χ2v) is 9.97. The number of aryl methyl sites for hydroxylation is 2. The summed E-state index contributed by atoms with van der Waals surface area (Å²) < 4.78 is 21.1. The average molecular weight is 495 g/mol. The molecule has 8 heteroatoms. The van der Waals surface area contributed by atoms with Gasteiger partial charge in [0.25, 0.3) is 5.91 Å². The highest BCUT2D eigenvalue weighted by Gasteiger charge is 2.25. The van der Waals surface area contributed by atoms with Gasteiger partial charge in [-0.1, -0.05) is 50.6 Å². The van der Waals surface area contributed by atoms with Crippen molar-refractivity contribution < 1.29 is 18.7 Å². The van der Waals surface area contributed by atoms with Gasteiger partial charge in [-0.2, -0.15) is 5.10 Å². The van der Waals surface area contributed by atoms with Gasteiger partial charge in [-0.05, 0) is 44.0 Å². The van der Waals surface area contributed by atoms with Crippen molar-refractivity contribution in [3.05, 3.63) is 76.7 Å². The standard InChI is InChI=1S/C28H35FN4O3/c1-19-12-13-23(20(2)16-19)33-25(17-24(31-33)28(3,4)5)30-26(34)18-32(14-9-15-36-6)27(35)21-10-7-8-11-22(21)29/h7-8,10-13,16-17H,9,14-15,18H2,1-6H3,(H,30,34). The van der Waals surface area contributed by atoms with Gasteiger partial charge < -0.3 is 15.0 Å². The van der Waals surface area contributed by atoms with E-state index in [-0.39, 0.29) is 24.1 Å². The van der Waals surface area contributed by atoms with Crippen LogP contribution in [0.15, 0.2) is 48.5 Å². The molecule has 3 rings (SSSR count). The lowest BCUT2D eigenvalue weighted by atomic mass is 9.92. The Hall–Kier alpha value is -3.52. The van der Waals surface area contributed by atoms with Gasteiger partial charge in [-0.15, -0.1) is 0 Å². The van der Waals surface area contributed by atoms with Gasteiger partial charge in [0, 0.05) is 31.7 Å². The summed E-state index contributed by atoms with van der Waals surface area (Å²) in [5, 5.41) is 7.71. The first-order valence-electron chi connectivity index (χ1n) is 12.0. The molecule has 0 spiro atoms. The van der Waals surface area contributed by atoms with E-state index in [9.17, 15) is 14.0 Å². The number of ether oxygens (including phenoxy) is 1. The van der Waals surface area contributed by atoms with Crippen LogP contribution in [-0.4, -0.2) is 53.3 Å². The molecule has 7 nitrogen and oxygen atoms in total. The number of rotatable bonds is 9. The summed E-state index contributed by atoms with van der Waals surface area (Å²) in [6.07, 6.45) is 0.513. The zero-order valence-corrected chi connectivity index (χ0v) is 21.9. The molecule has 1 aromatic heterocycles. The third-order valence-corrected chi connectivity index (χ3v) is 5.83. The minimum Gasteiger partial charge on any atom is -0.385 e. The minimum absolute atomic E-state index is 0.0712. The fourth-order valence-corrected chi connectivity index (χ4v) is 3.88. The van der Waals surface area contributed by atoms with Crippen LogP contribution in [0.5, 0.6) is 0 Å². The maximum Gasteiger partial charge on any atom is 0.257 e. The molecule has 0 aliphatic rings. The van der Waals surface area contributed by atoms with Crippen LogP contribution in [0.1, 0.15) is 54.4 Å². The predicted octanol–water partition coefficient (Wildman–Crippen LogP) is 5.04. The van der Waals surface area contributed by atoms with E-state index < -0.39 is 17.6 Å². The van der Waals surface area contributed by atoms with E-state index in [0.29, 0.717) is 18.8 Å². The summed E-state index contributed by atoms with van der Waals surface area (Å²) in [6, 6.07) is 13.7. The summed E-state index contributed by atoms with van der Waals surface area (Å²) in [5.41, 5.74) is 3.51. The normalized spacial score (nSPS) is 11.4. The Morgan fingerprint density at radius 1 is 1.11 bits per heavy atom. The van der Waals surface area contributed by atoms with E-state index >= 15 is 0 Å². The molecule has 0 radical (unpaired) electrons. The number of benzene rings is 2. The number of hydrogen-bond acceptors (Lipinski definition) is 4. The molecule has 1 N–H and O–H groups in total. The van der Waals surface area contributed by atoms with Crippen molar-refractivity contribution in [1.29, 1.82) is 0 Å². The fraction of sp³-hybridized carbons (Fsp3) is 0.393. The van der Waals surface area contributed by atoms with Crippen molar-refractivity contribution in [2.45, 2.75) is 46.5 Å². The second kappa shape index (κ2) is 11.5. The van der Waals surface area contributed by atoms with Gasteiger partial charge in [0.2, 0.25) is 5.91 Å². The molecule has 1 heterocycles. The Balaban J connectivity index is 1.89. The first kappa shape index (κ1) is 27.1. The van der Waals surface area contributed by atoms with Gasteiger partial charge in [-0.3, -0.25) is 9.59 Å². The van der Waals surface area contributed by atoms with Crippen LogP contribution >= 0.6 is 0 Å². The Morgan fingerprint density at radius 2 is 1.83 bits per heavy atom. The van der Waals surface area contributed by atoms with E-state index in [1.54, 1.807) is 17.9 Å². The van der Waals surface area contributed by atoms with Crippen LogP contribution in [0.25, 0.3) is 5.69 Å². The van der Waals surface area contributed by atoms with Crippen molar-refractivity contribution in [2.75, 3.05) is 32.1 Å². The van der Waals surface area contributed by atoms with Gasteiger partial charge in [-0.25, -0.2) is 9.07 Å². The zero-order chi connectivity index (χ0) is 26.5. The number of halogens is 1. The molecule has 192 valence electrons. The van der Waals surface area contributed by atoms with E-state index in [0.717, 1.165) is 22.5 Å². The third-order valence-electron chi connectivity index (χ3n) is 5.83. The van der Waals surface area contributed by atoms with Crippen molar-refractivity contribution >= 4 is 17.6 Å². The molecule has 3 aromatic rings. The van der Waals surface area contributed by atoms with Crippen LogP contribution in [0.4, 0.5) is 10.2 Å². The summed E-state index contributed by atoms with van der Waals surface area (Å²) in [5.74, 6) is -1.06. The summed E-state index contributed by atoms with van der Waals surface area (Å²) >= 11 is 0. The highest BCUT2D eigenvalue weighted by Crippen LogP contribution is 2.28. The summed E-state index contributed by atoms with van der Waals surface area (Å²) in [4.78, 5) is 27.6. The summed E-state index contributed by atoms with van der Waals surface area (Å²) in [6.45, 7) is 10.6. The number of methoxy groups -OCH3 is 1. The van der Waals surface area contributed by atoms with E-state index in [4.69, 9.17) is 9.84 Å². The number of carbonyl (C=O) groups is 2. The first-order valence-corrected chi connectivity index (χ1v) is 12.0. The van der Waals surface area contributed by atoms with Crippen LogP contribution in [-0.2, 0) is 14.9 Å². The number of nitrogens with one attached hydrogen (secondary N) is 1. The Kier molecular flexibility index (Phi) is 8.63. The lowest BCUT2D eigenvalue weighted by Gasteiger charge is -2.22. The molecule has 2 aromatic carbocycles. The molecule has 2 amide bonds. The topological polar surface area (TPSA) is 76.5 Å². The van der Waals surface area contributed by atoms with Crippen LogP contribution < -0.4 is 5.32 Å². The molecule has 0 unspecified atom stereocenters. The number of nitrogens with zero attached hydrogens (tertiary/aromatic N) is 3. The van der Waals surface area contributed by atoms with Gasteiger partial charge >= 0.3 is 0 Å². The van der Waals surface area contributed by atoms with Crippen molar-refractivity contribution in [1.82, 2.24) is 14.7 Å². The average Bonchev–Trinajstić information content (AvgIpc) is 3.22. The fourth-order valence-electron chi connectivity index (χ4n) is 3.88. The highest BCUT2D eigenvalue weighted by molar-refractivity contribution is 5.99. The van der Waals surface area contributed by atoms with Crippen LogP contribution in [0.2, 0.25) is 0 Å². The van der Waals surface area contributed by atoms with Crippen molar-refractivity contribution in [3.63, 3.8) is 0 Å². The molecule has 36 heavy (non-hydrogen) atoms. The largest absolute Gasteiger partial charge is 0.385 e. The van der Waals surface area contributed by atoms with E-state index in [1.165, 1.54) is 23.1 Å². The van der Waals surface area contributed by atoms with Gasteiger partial charge in [0.1, 0.15) is 18.2 Å². The number of hydrogen-bond donors (Lipinski definition) is 1. The lowest BCUT2D eigenvalue weighted by molar-refractivity contribution is -0.117. The molecule has 0 fully saturated rings. The maximum atomic E-state index is 14.3. The van der Waals surface area contributed by atoms with Gasteiger partial charge in [0.05, 0.1) is 16.9 Å². The Bertz CT molecular complexity index is 1230. The second-order valence-electron chi connectivity index (χ2n) is 9.97. The highest BCUT2D eigenvalue weighted by atomic mass is 19.1. The Morgan fingerprint density at radius 3 is 2.47 bits per heavy atom. The van der Waals surface area contributed by atoms with Crippen LogP contribution in [0, 0.1) is 19.7 Å². The molecular weight excluding hydrogens is 459 g/mol. The molecule has 0 saturated carbocycles. The van der Waals surface area contributed by atoms with Crippen molar-refractivity contribution in [2.24, 2.45) is 0 Å². The molecular formula is C28H35FN4O3. The molecule has 0 saturated heterocycles. The van der Waals surface area contributed by atoms with Crippen LogP contribution in [0.3, 0.4) is 0 Å². The third kappa shape index (κ3) is 6.57. The molecule has 0 atom stereocenters. The number of aromatic nitrogens is 2. The quantitative estimate of drug-likeness (QED) is 0.423. The predicted molar refractivity (Wildman–Crippen MR) is 139 cm³/mol. The van der Waals surface area contributed by atoms with E-state index in [1.807, 2.05) is 32.0 Å². The number of carbonyl (C=O) groups excluding carboxylic acids is 2. The monoisotopic (exact) mass is 494 g/mol. The van der Waals surface area contributed by atoms with E-state index in [2.05, 4.69) is 32.2 Å². The first-order chi connectivity index (χ1) is 17.0.